The summed E-state index contributed by atoms with van der Waals surface area (Å²) >= 11 is 0. The van der Waals surface area contributed by atoms with Gasteiger partial charge < -0.3 is 10.5 Å². The summed E-state index contributed by atoms with van der Waals surface area (Å²) in [4.78, 5) is 9.62. The van der Waals surface area contributed by atoms with Gasteiger partial charge in [0.25, 0.3) is 0 Å². The highest BCUT2D eigenvalue weighted by Gasteiger charge is 2.17. The van der Waals surface area contributed by atoms with E-state index in [0.29, 0.717) is 12.8 Å². The van der Waals surface area contributed by atoms with E-state index in [0.717, 1.165) is 12.1 Å². The first-order valence-corrected chi connectivity index (χ1v) is 5.62. The molecule has 0 bridgehead atoms. The molecule has 0 saturated heterocycles. The number of ether oxygens (including phenoxy) is 1. The van der Waals surface area contributed by atoms with Crippen LogP contribution in [0, 0.1) is 27.3 Å². The van der Waals surface area contributed by atoms with E-state index in [1.165, 1.54) is 6.07 Å². The molecule has 0 fully saturated rings. The third kappa shape index (κ3) is 4.52. The minimum atomic E-state index is -0.941. The Morgan fingerprint density at radius 1 is 1.63 bits per heavy atom. The Bertz CT molecular complexity index is 511. The van der Waals surface area contributed by atoms with Gasteiger partial charge in [-0.15, -0.1) is 0 Å². The number of hydrogen-bond acceptors (Lipinski definition) is 5. The topological polar surface area (TPSA) is 102 Å². The van der Waals surface area contributed by atoms with E-state index in [2.05, 4.69) is 0 Å². The van der Waals surface area contributed by atoms with E-state index in [4.69, 9.17) is 15.7 Å². The van der Waals surface area contributed by atoms with Gasteiger partial charge >= 0.3 is 5.69 Å². The predicted octanol–water partition coefficient (Wildman–Crippen LogP) is 2.13. The number of nitro benzene ring substituents is 1. The maximum absolute atomic E-state index is 13.3. The van der Waals surface area contributed by atoms with Gasteiger partial charge in [-0.05, 0) is 25.8 Å². The van der Waals surface area contributed by atoms with E-state index < -0.39 is 22.0 Å². The van der Waals surface area contributed by atoms with Crippen molar-refractivity contribution in [2.24, 2.45) is 5.73 Å². The minimum absolute atomic E-state index is 0.207. The zero-order chi connectivity index (χ0) is 14.5. The SMILES string of the molecule is CC(N)(C#N)CCCOc1ccc([N+](=O)[O-])c(F)c1. The summed E-state index contributed by atoms with van der Waals surface area (Å²) in [6.45, 7) is 1.87. The summed E-state index contributed by atoms with van der Waals surface area (Å²) in [7, 11) is 0. The maximum Gasteiger partial charge on any atom is 0.305 e. The zero-order valence-corrected chi connectivity index (χ0v) is 10.4. The summed E-state index contributed by atoms with van der Waals surface area (Å²) in [6, 6.07) is 5.29. The van der Waals surface area contributed by atoms with Crippen molar-refractivity contribution in [1.82, 2.24) is 0 Å². The minimum Gasteiger partial charge on any atom is -0.493 e. The van der Waals surface area contributed by atoms with E-state index in [1.54, 1.807) is 6.92 Å². The Morgan fingerprint density at radius 3 is 2.84 bits per heavy atom. The lowest BCUT2D eigenvalue weighted by Gasteiger charge is -2.14. The van der Waals surface area contributed by atoms with Gasteiger partial charge in [0.1, 0.15) is 11.3 Å². The van der Waals surface area contributed by atoms with Crippen LogP contribution < -0.4 is 10.5 Å². The summed E-state index contributed by atoms with van der Waals surface area (Å²) in [6.07, 6.45) is 0.970. The van der Waals surface area contributed by atoms with Crippen LogP contribution in [0.4, 0.5) is 10.1 Å². The molecule has 1 aromatic carbocycles. The summed E-state index contributed by atoms with van der Waals surface area (Å²) in [5, 5.41) is 19.1. The standard InChI is InChI=1S/C12H14FN3O3/c1-12(15,8-14)5-2-6-19-9-3-4-11(16(17)18)10(13)7-9/h3-4,7H,2,5-6,15H2,1H3. The van der Waals surface area contributed by atoms with Crippen molar-refractivity contribution in [3.63, 3.8) is 0 Å². The van der Waals surface area contributed by atoms with Crippen LogP contribution in [0.1, 0.15) is 19.8 Å². The predicted molar refractivity (Wildman–Crippen MR) is 66.0 cm³/mol. The third-order valence-corrected chi connectivity index (χ3v) is 2.48. The Morgan fingerprint density at radius 2 is 2.32 bits per heavy atom. The Hall–Kier alpha value is -2.20. The number of nitrogens with zero attached hydrogens (tertiary/aromatic N) is 2. The molecule has 2 N–H and O–H groups in total. The number of nitrogens with two attached hydrogens (primary N) is 1. The normalized spacial score (nSPS) is 13.4. The van der Waals surface area contributed by atoms with E-state index in [9.17, 15) is 14.5 Å². The Labute approximate surface area is 109 Å². The molecule has 0 radical (unpaired) electrons. The number of benzene rings is 1. The summed E-state index contributed by atoms with van der Waals surface area (Å²) in [5.74, 6) is -0.734. The van der Waals surface area contributed by atoms with Crippen molar-refractivity contribution >= 4 is 5.69 Å². The van der Waals surface area contributed by atoms with Crippen LogP contribution in [0.25, 0.3) is 0 Å². The molecule has 0 spiro atoms. The average Bonchev–Trinajstić information content (AvgIpc) is 2.34. The van der Waals surface area contributed by atoms with Crippen molar-refractivity contribution in [3.05, 3.63) is 34.1 Å². The molecule has 0 aliphatic carbocycles. The fourth-order valence-electron chi connectivity index (χ4n) is 1.41. The molecule has 0 aromatic heterocycles. The molecule has 7 heteroatoms. The number of halogens is 1. The smallest absolute Gasteiger partial charge is 0.305 e. The highest BCUT2D eigenvalue weighted by molar-refractivity contribution is 5.37. The summed E-state index contributed by atoms with van der Waals surface area (Å²) in [5.41, 5.74) is 4.12. The Kier molecular flexibility index (Phi) is 4.78. The highest BCUT2D eigenvalue weighted by Crippen LogP contribution is 2.22. The molecule has 1 atom stereocenters. The Balaban J connectivity index is 2.49. The number of nitro groups is 1. The van der Waals surface area contributed by atoms with Gasteiger partial charge in [0.05, 0.1) is 17.6 Å². The van der Waals surface area contributed by atoms with Crippen LogP contribution in [-0.4, -0.2) is 17.1 Å². The molecular formula is C12H14FN3O3. The fraction of sp³-hybridized carbons (Fsp3) is 0.417. The second kappa shape index (κ2) is 6.11. The average molecular weight is 267 g/mol. The molecule has 0 aliphatic heterocycles. The van der Waals surface area contributed by atoms with Gasteiger partial charge in [0.15, 0.2) is 0 Å². The van der Waals surface area contributed by atoms with Gasteiger partial charge in [-0.25, -0.2) is 0 Å². The van der Waals surface area contributed by atoms with Crippen molar-refractivity contribution in [3.8, 4) is 11.8 Å². The molecule has 1 rings (SSSR count). The highest BCUT2D eigenvalue weighted by atomic mass is 19.1. The van der Waals surface area contributed by atoms with Crippen molar-refractivity contribution in [2.45, 2.75) is 25.3 Å². The van der Waals surface area contributed by atoms with Crippen LogP contribution in [0.2, 0.25) is 0 Å². The quantitative estimate of drug-likeness (QED) is 0.483. The molecule has 1 unspecified atom stereocenters. The van der Waals surface area contributed by atoms with Gasteiger partial charge in [0.2, 0.25) is 5.82 Å². The maximum atomic E-state index is 13.3. The van der Waals surface area contributed by atoms with E-state index >= 15 is 0 Å². The first-order chi connectivity index (χ1) is 8.85. The van der Waals surface area contributed by atoms with Gasteiger partial charge in [-0.3, -0.25) is 10.1 Å². The first-order valence-electron chi connectivity index (χ1n) is 5.62. The molecule has 19 heavy (non-hydrogen) atoms. The third-order valence-electron chi connectivity index (χ3n) is 2.48. The second-order valence-corrected chi connectivity index (χ2v) is 4.35. The van der Waals surface area contributed by atoms with Crippen LogP contribution in [0.5, 0.6) is 5.75 Å². The summed E-state index contributed by atoms with van der Waals surface area (Å²) < 4.78 is 18.5. The van der Waals surface area contributed by atoms with Gasteiger partial charge in [0, 0.05) is 12.1 Å². The lowest BCUT2D eigenvalue weighted by Crippen LogP contribution is -2.34. The first kappa shape index (κ1) is 14.9. The van der Waals surface area contributed by atoms with Crippen molar-refractivity contribution < 1.29 is 14.1 Å². The van der Waals surface area contributed by atoms with Gasteiger partial charge in [-0.2, -0.15) is 9.65 Å². The molecule has 0 heterocycles. The van der Waals surface area contributed by atoms with Crippen LogP contribution in [-0.2, 0) is 0 Å². The fourth-order valence-corrected chi connectivity index (χ4v) is 1.41. The molecule has 0 amide bonds. The number of nitriles is 1. The molecule has 6 nitrogen and oxygen atoms in total. The molecule has 0 aliphatic rings. The van der Waals surface area contributed by atoms with Crippen molar-refractivity contribution in [2.75, 3.05) is 6.61 Å². The second-order valence-electron chi connectivity index (χ2n) is 4.35. The zero-order valence-electron chi connectivity index (χ0n) is 10.4. The molecule has 1 aromatic rings. The lowest BCUT2D eigenvalue weighted by atomic mass is 10.00. The molecule has 0 saturated carbocycles. The van der Waals surface area contributed by atoms with Crippen LogP contribution in [0.15, 0.2) is 18.2 Å². The van der Waals surface area contributed by atoms with Crippen LogP contribution >= 0.6 is 0 Å². The number of hydrogen-bond donors (Lipinski definition) is 1. The van der Waals surface area contributed by atoms with E-state index in [-0.39, 0.29) is 12.4 Å². The van der Waals surface area contributed by atoms with Crippen LogP contribution in [0.3, 0.4) is 0 Å². The van der Waals surface area contributed by atoms with Gasteiger partial charge in [-0.1, -0.05) is 0 Å². The number of rotatable bonds is 6. The molecular weight excluding hydrogens is 253 g/mol. The molecule has 102 valence electrons. The monoisotopic (exact) mass is 267 g/mol. The van der Waals surface area contributed by atoms with E-state index in [1.807, 2.05) is 6.07 Å². The largest absolute Gasteiger partial charge is 0.493 e. The van der Waals surface area contributed by atoms with Crippen molar-refractivity contribution in [1.29, 1.82) is 5.26 Å². The lowest BCUT2D eigenvalue weighted by molar-refractivity contribution is -0.387.